The first-order chi connectivity index (χ1) is 14.6. The Kier molecular flexibility index (Phi) is 6.87. The van der Waals surface area contributed by atoms with Crippen molar-refractivity contribution in [2.75, 3.05) is 73.5 Å². The van der Waals surface area contributed by atoms with Gasteiger partial charge >= 0.3 is 0 Å². The molecule has 0 amide bonds. The zero-order valence-corrected chi connectivity index (χ0v) is 18.7. The number of hydrogen-bond donors (Lipinski definition) is 1. The molecule has 1 atom stereocenters. The van der Waals surface area contributed by atoms with E-state index in [0.717, 1.165) is 64.9 Å². The number of rotatable bonds is 4. The number of nitrogens with zero attached hydrogens (tertiary/aromatic N) is 5. The zero-order valence-electron chi connectivity index (χ0n) is 18.7. The van der Waals surface area contributed by atoms with Gasteiger partial charge in [0.25, 0.3) is 0 Å². The number of fused-ring (bicyclic) bond motifs is 1. The Hall–Kier alpha value is -2.15. The minimum atomic E-state index is 0.535. The molecule has 2 heterocycles. The molecule has 30 heavy (non-hydrogen) atoms. The van der Waals surface area contributed by atoms with Crippen LogP contribution in [0.5, 0.6) is 0 Å². The standard InChI is InChI=1S/C24H36N6/c1-25-24(26-17-22-19-27(2)11-12-28(22)3)30-15-13-29(14-16-30)18-21-9-6-8-20-7-4-5-10-23(20)21/h4-10,22H,11-19H2,1-3H3,(H,25,26). The molecule has 1 N–H and O–H groups in total. The van der Waals surface area contributed by atoms with Crippen LogP contribution in [-0.2, 0) is 6.54 Å². The van der Waals surface area contributed by atoms with Crippen molar-refractivity contribution < 1.29 is 0 Å². The summed E-state index contributed by atoms with van der Waals surface area (Å²) in [4.78, 5) is 14.4. The van der Waals surface area contributed by atoms with E-state index in [4.69, 9.17) is 0 Å². The van der Waals surface area contributed by atoms with Crippen molar-refractivity contribution in [1.82, 2.24) is 24.9 Å². The molecule has 0 saturated carbocycles. The third-order valence-electron chi connectivity index (χ3n) is 6.63. The minimum absolute atomic E-state index is 0.535. The van der Waals surface area contributed by atoms with Crippen LogP contribution in [0.15, 0.2) is 47.5 Å². The van der Waals surface area contributed by atoms with Crippen molar-refractivity contribution in [3.05, 3.63) is 48.0 Å². The van der Waals surface area contributed by atoms with E-state index >= 15 is 0 Å². The molecule has 2 fully saturated rings. The van der Waals surface area contributed by atoms with Gasteiger partial charge in [-0.25, -0.2) is 0 Å². The van der Waals surface area contributed by atoms with Gasteiger partial charge in [-0.1, -0.05) is 42.5 Å². The van der Waals surface area contributed by atoms with E-state index in [-0.39, 0.29) is 0 Å². The van der Waals surface area contributed by atoms with E-state index in [0.29, 0.717) is 6.04 Å². The number of guanidine groups is 1. The number of nitrogens with one attached hydrogen (secondary N) is 1. The lowest BCUT2D eigenvalue weighted by atomic mass is 10.0. The quantitative estimate of drug-likeness (QED) is 0.617. The molecule has 162 valence electrons. The fraction of sp³-hybridized carbons (Fsp3) is 0.542. The van der Waals surface area contributed by atoms with Gasteiger partial charge < -0.3 is 15.1 Å². The van der Waals surface area contributed by atoms with Gasteiger partial charge in [0.2, 0.25) is 0 Å². The first-order valence-corrected chi connectivity index (χ1v) is 11.2. The molecule has 6 heteroatoms. The van der Waals surface area contributed by atoms with Gasteiger partial charge in [-0.05, 0) is 30.4 Å². The predicted octanol–water partition coefficient (Wildman–Crippen LogP) is 1.78. The van der Waals surface area contributed by atoms with Gasteiger partial charge in [0, 0.05) is 72.0 Å². The van der Waals surface area contributed by atoms with Crippen LogP contribution in [0.3, 0.4) is 0 Å². The van der Waals surface area contributed by atoms with Crippen molar-refractivity contribution in [2.24, 2.45) is 4.99 Å². The maximum atomic E-state index is 4.57. The summed E-state index contributed by atoms with van der Waals surface area (Å²) in [5, 5.41) is 6.34. The lowest BCUT2D eigenvalue weighted by Crippen LogP contribution is -2.57. The summed E-state index contributed by atoms with van der Waals surface area (Å²) in [5.41, 5.74) is 1.42. The molecule has 2 aliphatic rings. The van der Waals surface area contributed by atoms with Crippen LogP contribution in [0.4, 0.5) is 0 Å². The van der Waals surface area contributed by atoms with Crippen molar-refractivity contribution in [3.8, 4) is 0 Å². The average Bonchev–Trinajstić information content (AvgIpc) is 2.78. The third-order valence-corrected chi connectivity index (χ3v) is 6.63. The monoisotopic (exact) mass is 408 g/mol. The van der Waals surface area contributed by atoms with Crippen LogP contribution < -0.4 is 5.32 Å². The molecule has 0 aliphatic carbocycles. The van der Waals surface area contributed by atoms with E-state index in [1.165, 1.54) is 16.3 Å². The second-order valence-electron chi connectivity index (χ2n) is 8.73. The largest absolute Gasteiger partial charge is 0.355 e. The van der Waals surface area contributed by atoms with Gasteiger partial charge in [0.05, 0.1) is 0 Å². The fourth-order valence-corrected chi connectivity index (χ4v) is 4.65. The van der Waals surface area contributed by atoms with Crippen LogP contribution >= 0.6 is 0 Å². The predicted molar refractivity (Wildman–Crippen MR) is 126 cm³/mol. The normalized spacial score (nSPS) is 22.6. The zero-order chi connectivity index (χ0) is 20.9. The lowest BCUT2D eigenvalue weighted by molar-refractivity contribution is 0.115. The molecule has 2 aromatic rings. The molecule has 0 spiro atoms. The van der Waals surface area contributed by atoms with Crippen molar-refractivity contribution in [1.29, 1.82) is 0 Å². The second-order valence-corrected chi connectivity index (χ2v) is 8.73. The highest BCUT2D eigenvalue weighted by molar-refractivity contribution is 5.85. The maximum absolute atomic E-state index is 4.57. The molecule has 6 nitrogen and oxygen atoms in total. The number of hydrogen-bond acceptors (Lipinski definition) is 4. The van der Waals surface area contributed by atoms with Gasteiger partial charge in [0.15, 0.2) is 5.96 Å². The van der Waals surface area contributed by atoms with Gasteiger partial charge in [-0.2, -0.15) is 0 Å². The number of piperazine rings is 2. The average molecular weight is 409 g/mol. The van der Waals surface area contributed by atoms with Crippen molar-refractivity contribution in [2.45, 2.75) is 12.6 Å². The topological polar surface area (TPSA) is 37.4 Å². The fourth-order valence-electron chi connectivity index (χ4n) is 4.65. The van der Waals surface area contributed by atoms with E-state index in [2.05, 4.69) is 86.5 Å². The first kappa shape index (κ1) is 21.1. The van der Waals surface area contributed by atoms with Gasteiger partial charge in [0.1, 0.15) is 0 Å². The van der Waals surface area contributed by atoms with Crippen LogP contribution in [0.25, 0.3) is 10.8 Å². The minimum Gasteiger partial charge on any atom is -0.355 e. The Labute approximate surface area is 181 Å². The van der Waals surface area contributed by atoms with Crippen LogP contribution in [0, 0.1) is 0 Å². The highest BCUT2D eigenvalue weighted by atomic mass is 15.4. The molecular formula is C24H36N6. The van der Waals surface area contributed by atoms with E-state index in [9.17, 15) is 0 Å². The summed E-state index contributed by atoms with van der Waals surface area (Å²) in [5.74, 6) is 1.04. The highest BCUT2D eigenvalue weighted by Crippen LogP contribution is 2.20. The second kappa shape index (κ2) is 9.77. The molecule has 1 unspecified atom stereocenters. The Bertz CT molecular complexity index is 852. The Balaban J connectivity index is 1.30. The molecule has 2 aliphatic heterocycles. The van der Waals surface area contributed by atoms with Crippen molar-refractivity contribution >= 4 is 16.7 Å². The SMILES string of the molecule is CN=C(NCC1CN(C)CCN1C)N1CCN(Cc2cccc3ccccc23)CC1. The molecule has 2 aromatic carbocycles. The molecule has 4 rings (SSSR count). The van der Waals surface area contributed by atoms with Crippen molar-refractivity contribution in [3.63, 3.8) is 0 Å². The number of likely N-dealkylation sites (N-methyl/N-ethyl adjacent to an activating group) is 2. The van der Waals surface area contributed by atoms with Gasteiger partial charge in [-0.15, -0.1) is 0 Å². The van der Waals surface area contributed by atoms with Crippen LogP contribution in [0.2, 0.25) is 0 Å². The van der Waals surface area contributed by atoms with E-state index < -0.39 is 0 Å². The third kappa shape index (κ3) is 4.94. The maximum Gasteiger partial charge on any atom is 0.193 e. The lowest BCUT2D eigenvalue weighted by Gasteiger charge is -2.40. The Morgan fingerprint density at radius 2 is 1.73 bits per heavy atom. The Morgan fingerprint density at radius 3 is 2.53 bits per heavy atom. The summed E-state index contributed by atoms with van der Waals surface area (Å²) >= 11 is 0. The number of benzene rings is 2. The smallest absolute Gasteiger partial charge is 0.193 e. The molecule has 2 saturated heterocycles. The molecule has 0 bridgehead atoms. The highest BCUT2D eigenvalue weighted by Gasteiger charge is 2.24. The summed E-state index contributed by atoms with van der Waals surface area (Å²) in [6, 6.07) is 15.9. The summed E-state index contributed by atoms with van der Waals surface area (Å²) < 4.78 is 0. The summed E-state index contributed by atoms with van der Waals surface area (Å²) in [7, 11) is 6.35. The summed E-state index contributed by atoms with van der Waals surface area (Å²) in [6.45, 7) is 9.53. The Morgan fingerprint density at radius 1 is 0.967 bits per heavy atom. The van der Waals surface area contributed by atoms with Crippen LogP contribution in [-0.4, -0.2) is 105 Å². The van der Waals surface area contributed by atoms with E-state index in [1.54, 1.807) is 0 Å². The van der Waals surface area contributed by atoms with E-state index in [1.807, 2.05) is 7.05 Å². The van der Waals surface area contributed by atoms with Gasteiger partial charge in [-0.3, -0.25) is 14.8 Å². The van der Waals surface area contributed by atoms with Crippen LogP contribution in [0.1, 0.15) is 5.56 Å². The molecule has 0 aromatic heterocycles. The molecule has 0 radical (unpaired) electrons. The molecular weight excluding hydrogens is 372 g/mol. The number of aliphatic imine (C=N–C) groups is 1. The summed E-state index contributed by atoms with van der Waals surface area (Å²) in [6.07, 6.45) is 0. The first-order valence-electron chi connectivity index (χ1n) is 11.2.